The molecule has 2 N–H and O–H groups in total. The molecule has 2 aliphatic carbocycles. The molecule has 2 saturated heterocycles. The molecule has 9 nitrogen and oxygen atoms in total. The Kier molecular flexibility index (Phi) is 10.1. The first-order chi connectivity index (χ1) is 22.5. The summed E-state index contributed by atoms with van der Waals surface area (Å²) in [4.78, 5) is 42.9. The predicted molar refractivity (Wildman–Crippen MR) is 181 cm³/mol. The second-order valence-electron chi connectivity index (χ2n) is 14.2. The number of β-amino-alcohol motifs (C(OH)–C–C–N with tert-alkyl or cyclic N) is 1. The molecule has 2 atom stereocenters. The molecule has 0 radical (unpaired) electrons. The van der Waals surface area contributed by atoms with Gasteiger partial charge in [0, 0.05) is 68.6 Å². The van der Waals surface area contributed by atoms with Crippen LogP contribution >= 0.6 is 11.8 Å². The Labute approximate surface area is 277 Å². The van der Waals surface area contributed by atoms with E-state index in [1.165, 1.54) is 43.2 Å². The van der Waals surface area contributed by atoms with Crippen molar-refractivity contribution in [2.24, 2.45) is 5.92 Å². The zero-order valence-electron chi connectivity index (χ0n) is 27.1. The molecule has 0 unspecified atom stereocenters. The van der Waals surface area contributed by atoms with Gasteiger partial charge >= 0.3 is 0 Å². The lowest BCUT2D eigenvalue weighted by molar-refractivity contribution is -0.137. The van der Waals surface area contributed by atoms with Crippen molar-refractivity contribution in [3.63, 3.8) is 0 Å². The van der Waals surface area contributed by atoms with E-state index in [1.54, 1.807) is 22.7 Å². The van der Waals surface area contributed by atoms with Crippen molar-refractivity contribution in [2.75, 3.05) is 38.0 Å². The second-order valence-corrected chi connectivity index (χ2v) is 15.5. The number of benzene rings is 1. The highest BCUT2D eigenvalue weighted by Crippen LogP contribution is 2.34. The van der Waals surface area contributed by atoms with Crippen LogP contribution in [0.25, 0.3) is 0 Å². The Bertz CT molecular complexity index is 1370. The summed E-state index contributed by atoms with van der Waals surface area (Å²) in [5, 5.41) is 16.0. The van der Waals surface area contributed by atoms with Crippen LogP contribution in [0, 0.1) is 5.92 Å². The molecule has 7 rings (SSSR count). The number of fused-ring (bicyclic) bond motifs is 1. The van der Waals surface area contributed by atoms with Crippen LogP contribution in [-0.4, -0.2) is 97.7 Å². The first-order valence-corrected chi connectivity index (χ1v) is 18.8. The van der Waals surface area contributed by atoms with E-state index in [1.807, 2.05) is 0 Å². The second kappa shape index (κ2) is 14.6. The van der Waals surface area contributed by atoms with Crippen LogP contribution in [0.4, 0.5) is 5.82 Å². The van der Waals surface area contributed by atoms with Crippen molar-refractivity contribution in [3.8, 4) is 0 Å². The molecule has 1 aromatic carbocycles. The van der Waals surface area contributed by atoms with E-state index in [4.69, 9.17) is 9.97 Å². The molecule has 4 fully saturated rings. The van der Waals surface area contributed by atoms with Gasteiger partial charge in [-0.25, -0.2) is 9.97 Å². The normalized spacial score (nSPS) is 25.4. The number of nitrogens with one attached hydrogen (secondary N) is 1. The third kappa shape index (κ3) is 7.39. The van der Waals surface area contributed by atoms with Gasteiger partial charge in [0.25, 0.3) is 5.91 Å². The van der Waals surface area contributed by atoms with Crippen LogP contribution in [0.1, 0.15) is 98.7 Å². The quantitative estimate of drug-likeness (QED) is 0.400. The van der Waals surface area contributed by atoms with Crippen molar-refractivity contribution in [1.29, 1.82) is 0 Å². The first kappa shape index (κ1) is 31.9. The Hall–Kier alpha value is -2.69. The van der Waals surface area contributed by atoms with Gasteiger partial charge in [-0.15, -0.1) is 0 Å². The number of piperidine rings is 2. The molecule has 248 valence electrons. The van der Waals surface area contributed by atoms with Gasteiger partial charge in [-0.2, -0.15) is 0 Å². The van der Waals surface area contributed by atoms with Crippen molar-refractivity contribution in [2.45, 2.75) is 119 Å². The average Bonchev–Trinajstić information content (AvgIpc) is 3.61. The van der Waals surface area contributed by atoms with Crippen molar-refractivity contribution >= 4 is 29.4 Å². The van der Waals surface area contributed by atoms with Crippen LogP contribution < -0.4 is 5.32 Å². The van der Waals surface area contributed by atoms with Gasteiger partial charge < -0.3 is 20.2 Å². The molecule has 2 amide bonds. The van der Waals surface area contributed by atoms with Crippen molar-refractivity contribution in [1.82, 2.24) is 24.7 Å². The molecule has 3 aliphatic heterocycles. The fourth-order valence-electron chi connectivity index (χ4n) is 8.37. The van der Waals surface area contributed by atoms with Gasteiger partial charge in [-0.05, 0) is 62.5 Å². The molecule has 10 heteroatoms. The number of aromatic nitrogens is 2. The lowest BCUT2D eigenvalue weighted by Gasteiger charge is -2.43. The van der Waals surface area contributed by atoms with Gasteiger partial charge in [0.2, 0.25) is 5.91 Å². The van der Waals surface area contributed by atoms with Crippen LogP contribution in [-0.2, 0) is 17.8 Å². The summed E-state index contributed by atoms with van der Waals surface area (Å²) in [7, 11) is 0. The van der Waals surface area contributed by atoms with Gasteiger partial charge in [-0.3, -0.25) is 14.5 Å². The van der Waals surface area contributed by atoms with Gasteiger partial charge in [0.15, 0.2) is 5.16 Å². The van der Waals surface area contributed by atoms with Crippen molar-refractivity contribution in [3.05, 3.63) is 47.2 Å². The number of hydrogen-bond donors (Lipinski definition) is 2. The lowest BCUT2D eigenvalue weighted by Crippen LogP contribution is -2.56. The van der Waals surface area contributed by atoms with Crippen LogP contribution in [0.5, 0.6) is 0 Å². The number of nitrogens with zero attached hydrogens (tertiary/aromatic N) is 5. The van der Waals surface area contributed by atoms with E-state index >= 15 is 0 Å². The highest BCUT2D eigenvalue weighted by atomic mass is 32.2. The minimum atomic E-state index is -0.601. The highest BCUT2D eigenvalue weighted by molar-refractivity contribution is 7.99. The predicted octanol–water partition coefficient (Wildman–Crippen LogP) is 5.13. The largest absolute Gasteiger partial charge is 0.390 e. The number of hydrogen-bond acceptors (Lipinski definition) is 8. The summed E-state index contributed by atoms with van der Waals surface area (Å²) in [6, 6.07) is 10.6. The Morgan fingerprint density at radius 3 is 2.30 bits per heavy atom. The van der Waals surface area contributed by atoms with Gasteiger partial charge in [-0.1, -0.05) is 68.1 Å². The lowest BCUT2D eigenvalue weighted by atomic mass is 9.87. The monoisotopic (exact) mass is 646 g/mol. The Balaban J connectivity index is 0.998. The number of thioether (sulfide) groups is 1. The number of rotatable bonds is 7. The first-order valence-electron chi connectivity index (χ1n) is 17.9. The Morgan fingerprint density at radius 2 is 1.54 bits per heavy atom. The standard InChI is InChI=1S/C36H50N6O3S/c43-32-24-42(21-17-31(32)41-18-14-25-8-4-5-11-27(25)23-41)35(45)30-22-33(39-36(38-30)46-29-12-6-7-13-29)37-28-15-19-40(20-16-28)34(44)26-9-2-1-3-10-26/h4-5,8,11,22,26,28-29,31-32,43H,1-3,6-7,9-10,12-21,23-24H2,(H,37,38,39)/t31-,32-/m1/s1. The van der Waals surface area contributed by atoms with E-state index in [2.05, 4.69) is 39.4 Å². The minimum Gasteiger partial charge on any atom is -0.390 e. The van der Waals surface area contributed by atoms with E-state index in [-0.39, 0.29) is 23.9 Å². The molecule has 0 spiro atoms. The smallest absolute Gasteiger partial charge is 0.272 e. The van der Waals surface area contributed by atoms with Gasteiger partial charge in [0.05, 0.1) is 6.10 Å². The summed E-state index contributed by atoms with van der Waals surface area (Å²) in [5.41, 5.74) is 3.15. The maximum Gasteiger partial charge on any atom is 0.272 e. The number of carbonyl (C=O) groups excluding carboxylic acids is 2. The van der Waals surface area contributed by atoms with Crippen molar-refractivity contribution < 1.29 is 14.7 Å². The van der Waals surface area contributed by atoms with Crippen LogP contribution in [0.3, 0.4) is 0 Å². The Morgan fingerprint density at radius 1 is 0.826 bits per heavy atom. The fourth-order valence-corrected chi connectivity index (χ4v) is 9.54. The number of aliphatic hydroxyl groups excluding tert-OH is 1. The van der Waals surface area contributed by atoms with E-state index in [0.717, 1.165) is 77.5 Å². The topological polar surface area (TPSA) is 102 Å². The van der Waals surface area contributed by atoms with Gasteiger partial charge in [0.1, 0.15) is 11.5 Å². The summed E-state index contributed by atoms with van der Waals surface area (Å²) in [5.74, 6) is 1.12. The van der Waals surface area contributed by atoms with Crippen LogP contribution in [0.2, 0.25) is 0 Å². The number of anilines is 1. The molecular formula is C36H50N6O3S. The molecule has 1 aromatic heterocycles. The minimum absolute atomic E-state index is 0.0457. The summed E-state index contributed by atoms with van der Waals surface area (Å²) >= 11 is 1.70. The van der Waals surface area contributed by atoms with E-state index in [9.17, 15) is 14.7 Å². The molecule has 46 heavy (non-hydrogen) atoms. The third-order valence-electron chi connectivity index (χ3n) is 11.1. The maximum absolute atomic E-state index is 13.9. The third-order valence-corrected chi connectivity index (χ3v) is 12.3. The summed E-state index contributed by atoms with van der Waals surface area (Å²) in [6.45, 7) is 4.23. The molecule has 2 aromatic rings. The number of aliphatic hydroxyl groups is 1. The zero-order valence-corrected chi connectivity index (χ0v) is 27.9. The average molecular weight is 647 g/mol. The summed E-state index contributed by atoms with van der Waals surface area (Å²) in [6.07, 6.45) is 13.3. The molecule has 4 heterocycles. The fraction of sp³-hybridized carbons (Fsp3) is 0.667. The van der Waals surface area contributed by atoms with Crippen LogP contribution in [0.15, 0.2) is 35.5 Å². The molecule has 5 aliphatic rings. The molecule has 2 saturated carbocycles. The molecule has 0 bridgehead atoms. The van der Waals surface area contributed by atoms with E-state index in [0.29, 0.717) is 40.9 Å². The number of amides is 2. The summed E-state index contributed by atoms with van der Waals surface area (Å²) < 4.78 is 0. The molecular weight excluding hydrogens is 597 g/mol. The zero-order chi connectivity index (χ0) is 31.5. The SMILES string of the molecule is O=C(c1cc(NC2CCN(C(=O)C3CCCCC3)CC2)nc(SC2CCCC2)n1)N1CC[C@@H](N2CCc3ccccc3C2)[C@H](O)C1. The number of likely N-dealkylation sites (tertiary alicyclic amines) is 2. The highest BCUT2D eigenvalue weighted by Gasteiger charge is 2.36. The van der Waals surface area contributed by atoms with E-state index < -0.39 is 6.10 Å². The maximum atomic E-state index is 13.9. The number of carbonyl (C=O) groups is 2.